The van der Waals surface area contributed by atoms with E-state index in [0.717, 1.165) is 90.2 Å². The van der Waals surface area contributed by atoms with Crippen molar-refractivity contribution >= 4 is 0 Å². The fourth-order valence-electron chi connectivity index (χ4n) is 8.43. The van der Waals surface area contributed by atoms with E-state index in [9.17, 15) is 0 Å². The van der Waals surface area contributed by atoms with Gasteiger partial charge in [-0.05, 0) is 135 Å². The zero-order valence-electron chi connectivity index (χ0n) is 43.1. The highest BCUT2D eigenvalue weighted by Gasteiger charge is 2.09. The molecule has 368 valence electrons. The first-order valence-electron chi connectivity index (χ1n) is 25.3. The van der Waals surface area contributed by atoms with Crippen molar-refractivity contribution in [2.75, 3.05) is 0 Å². The van der Waals surface area contributed by atoms with E-state index in [-0.39, 0.29) is 0 Å². The van der Waals surface area contributed by atoms with Crippen LogP contribution in [0.4, 0.5) is 0 Å². The van der Waals surface area contributed by atoms with E-state index in [1.165, 1.54) is 22.3 Å². The number of rotatable bonds is 8. The van der Waals surface area contributed by atoms with E-state index in [2.05, 4.69) is 152 Å². The largest absolute Gasteiger partial charge is 0.265 e. The molecule has 7 heteroatoms. The molecule has 0 amide bonds. The highest BCUT2D eigenvalue weighted by molar-refractivity contribution is 5.70. The van der Waals surface area contributed by atoms with Crippen LogP contribution in [0.2, 0.25) is 0 Å². The van der Waals surface area contributed by atoms with Gasteiger partial charge in [0, 0.05) is 69.9 Å². The van der Waals surface area contributed by atoms with Crippen molar-refractivity contribution in [1.29, 1.82) is 0 Å². The second-order valence-electron chi connectivity index (χ2n) is 18.2. The first-order chi connectivity index (χ1) is 37.3. The smallest absolute Gasteiger partial charge is 0.0896 e. The van der Waals surface area contributed by atoms with Gasteiger partial charge in [-0.3, -0.25) is 15.0 Å². The van der Waals surface area contributed by atoms with Crippen LogP contribution in [-0.2, 0) is 0 Å². The minimum Gasteiger partial charge on any atom is -0.265 e. The van der Waals surface area contributed by atoms with Gasteiger partial charge in [0.15, 0.2) is 0 Å². The van der Waals surface area contributed by atoms with Crippen LogP contribution in [0, 0.1) is 27.7 Å². The molecule has 76 heavy (non-hydrogen) atoms. The highest BCUT2D eigenvalue weighted by atomic mass is 14.8. The number of hydrogen-bond donors (Lipinski definition) is 0. The Kier molecular flexibility index (Phi) is 17.3. The van der Waals surface area contributed by atoms with Gasteiger partial charge in [-0.15, -0.1) is 0 Å². The van der Waals surface area contributed by atoms with E-state index in [1.54, 1.807) is 24.8 Å². The summed E-state index contributed by atoms with van der Waals surface area (Å²) in [5.74, 6) is 0. The van der Waals surface area contributed by atoms with Gasteiger partial charge in [0.1, 0.15) is 0 Å². The minimum absolute atomic E-state index is 0.906. The molecule has 12 rings (SSSR count). The van der Waals surface area contributed by atoms with Gasteiger partial charge in [-0.2, -0.15) is 0 Å². The van der Waals surface area contributed by atoms with E-state index < -0.39 is 0 Å². The maximum atomic E-state index is 4.77. The minimum atomic E-state index is 0.906. The molecule has 5 aromatic carbocycles. The summed E-state index contributed by atoms with van der Waals surface area (Å²) in [5, 5.41) is 0. The van der Waals surface area contributed by atoms with Crippen molar-refractivity contribution in [2.24, 2.45) is 0 Å². The standard InChI is InChI=1S/C18H15N.3C17H14N2/c1-14-12-17(15-8-4-2-5-9-15)19-18(13-14)16-10-6-3-7-11-16;1-13-11-16(14-7-3-2-4-8-14)19-17(12-13)15-9-5-6-10-18-15;1-13-10-16(14-6-3-2-4-7-14)19-17(11-13)15-8-5-9-18-12-15;1-13-11-16(14-5-3-2-4-6-14)19-17(12-13)15-7-9-18-10-8-15/h2-13H,1H3;3*2-12H,1H3. The van der Waals surface area contributed by atoms with Gasteiger partial charge in [-0.25, -0.2) is 19.9 Å². The molecule has 0 aliphatic heterocycles. The Balaban J connectivity index is 0.000000124. The Morgan fingerprint density at radius 3 is 0.816 bits per heavy atom. The van der Waals surface area contributed by atoms with Crippen molar-refractivity contribution in [1.82, 2.24) is 34.9 Å². The zero-order valence-corrected chi connectivity index (χ0v) is 43.1. The number of pyridine rings is 7. The summed E-state index contributed by atoms with van der Waals surface area (Å²) in [5.41, 5.74) is 21.5. The average molecular weight is 984 g/mol. The number of benzene rings is 5. The van der Waals surface area contributed by atoms with Gasteiger partial charge < -0.3 is 0 Å². The van der Waals surface area contributed by atoms with Gasteiger partial charge in [0.25, 0.3) is 0 Å². The molecule has 0 atom stereocenters. The molecule has 0 aliphatic carbocycles. The van der Waals surface area contributed by atoms with Gasteiger partial charge in [-0.1, -0.05) is 158 Å². The van der Waals surface area contributed by atoms with Crippen molar-refractivity contribution < 1.29 is 0 Å². The Labute approximate surface area is 446 Å². The van der Waals surface area contributed by atoms with Crippen LogP contribution in [0.1, 0.15) is 22.3 Å². The molecule has 12 aromatic rings. The van der Waals surface area contributed by atoms with E-state index in [0.29, 0.717) is 0 Å². The van der Waals surface area contributed by atoms with Crippen LogP contribution in [0.3, 0.4) is 0 Å². The topological polar surface area (TPSA) is 90.2 Å². The van der Waals surface area contributed by atoms with Crippen molar-refractivity contribution in [3.63, 3.8) is 0 Å². The van der Waals surface area contributed by atoms with Crippen molar-refractivity contribution in [3.05, 3.63) is 296 Å². The summed E-state index contributed by atoms with van der Waals surface area (Å²) in [6.45, 7) is 8.38. The van der Waals surface area contributed by atoms with Gasteiger partial charge in [0.2, 0.25) is 0 Å². The lowest BCUT2D eigenvalue weighted by Gasteiger charge is -2.07. The number of aryl methyl sites for hydroxylation is 4. The van der Waals surface area contributed by atoms with Gasteiger partial charge >= 0.3 is 0 Å². The zero-order chi connectivity index (χ0) is 52.3. The monoisotopic (exact) mass is 983 g/mol. The normalized spacial score (nSPS) is 10.4. The molecular weight excluding hydrogens is 927 g/mol. The lowest BCUT2D eigenvalue weighted by atomic mass is 10.1. The summed E-state index contributed by atoms with van der Waals surface area (Å²) >= 11 is 0. The molecule has 0 N–H and O–H groups in total. The predicted molar refractivity (Wildman–Crippen MR) is 313 cm³/mol. The fraction of sp³-hybridized carbons (Fsp3) is 0.0580. The number of aromatic nitrogens is 7. The van der Waals surface area contributed by atoms with E-state index in [4.69, 9.17) is 19.9 Å². The molecule has 7 aromatic heterocycles. The Morgan fingerprint density at radius 2 is 0.500 bits per heavy atom. The molecule has 0 spiro atoms. The lowest BCUT2D eigenvalue weighted by Crippen LogP contribution is -1.91. The molecule has 7 heterocycles. The van der Waals surface area contributed by atoms with E-state index in [1.807, 2.05) is 140 Å². The molecule has 0 saturated carbocycles. The average Bonchev–Trinajstić information content (AvgIpc) is 3.49. The predicted octanol–water partition coefficient (Wildman–Crippen LogP) is 17.1. The molecule has 0 radical (unpaired) electrons. The molecule has 0 saturated heterocycles. The Hall–Kier alpha value is -9.85. The maximum absolute atomic E-state index is 4.77. The third-order valence-corrected chi connectivity index (χ3v) is 12.1. The van der Waals surface area contributed by atoms with Crippen LogP contribution in [0.25, 0.3) is 90.2 Å². The Morgan fingerprint density at radius 1 is 0.211 bits per heavy atom. The van der Waals surface area contributed by atoms with Gasteiger partial charge in [0.05, 0.1) is 51.2 Å². The van der Waals surface area contributed by atoms with Crippen LogP contribution in [0.15, 0.2) is 274 Å². The quantitative estimate of drug-likeness (QED) is 0.150. The molecule has 0 aliphatic rings. The lowest BCUT2D eigenvalue weighted by molar-refractivity contribution is 1.23. The second kappa shape index (κ2) is 25.7. The summed E-state index contributed by atoms with van der Waals surface area (Å²) in [4.78, 5) is 31.5. The van der Waals surface area contributed by atoms with Crippen LogP contribution < -0.4 is 0 Å². The summed E-state index contributed by atoms with van der Waals surface area (Å²) < 4.78 is 0. The van der Waals surface area contributed by atoms with Crippen molar-refractivity contribution in [2.45, 2.75) is 27.7 Å². The molecule has 0 bridgehead atoms. The SMILES string of the molecule is Cc1cc(-c2ccccc2)nc(-c2ccccc2)c1.Cc1cc(-c2ccccc2)nc(-c2ccccn2)c1.Cc1cc(-c2ccccc2)nc(-c2cccnc2)c1.Cc1cc(-c2ccccc2)nc(-c2ccncc2)c1. The maximum Gasteiger partial charge on any atom is 0.0896 e. The van der Waals surface area contributed by atoms with E-state index >= 15 is 0 Å². The Bertz CT molecular complexity index is 2970. The molecular formula is C69H57N7. The second-order valence-corrected chi connectivity index (χ2v) is 18.2. The number of hydrogen-bond acceptors (Lipinski definition) is 7. The number of nitrogens with zero attached hydrogens (tertiary/aromatic N) is 7. The van der Waals surface area contributed by atoms with Crippen LogP contribution in [0.5, 0.6) is 0 Å². The third-order valence-electron chi connectivity index (χ3n) is 12.1. The highest BCUT2D eigenvalue weighted by Crippen LogP contribution is 2.28. The summed E-state index contributed by atoms with van der Waals surface area (Å²) in [7, 11) is 0. The fourth-order valence-corrected chi connectivity index (χ4v) is 8.43. The first kappa shape index (κ1) is 51.1. The van der Waals surface area contributed by atoms with Crippen LogP contribution >= 0.6 is 0 Å². The molecule has 0 fully saturated rings. The third kappa shape index (κ3) is 14.2. The van der Waals surface area contributed by atoms with Crippen molar-refractivity contribution in [3.8, 4) is 90.2 Å². The molecule has 7 nitrogen and oxygen atoms in total. The summed E-state index contributed by atoms with van der Waals surface area (Å²) in [6.07, 6.45) is 9.00. The van der Waals surface area contributed by atoms with Crippen LogP contribution in [-0.4, -0.2) is 34.9 Å². The molecule has 0 unspecified atom stereocenters. The summed E-state index contributed by atoms with van der Waals surface area (Å²) in [6, 6.07) is 81.9. The first-order valence-corrected chi connectivity index (χ1v) is 25.3.